The van der Waals surface area contributed by atoms with E-state index in [-0.39, 0.29) is 16.8 Å². The van der Waals surface area contributed by atoms with E-state index in [1.165, 1.54) is 6.42 Å². The quantitative estimate of drug-likeness (QED) is 0.672. The van der Waals surface area contributed by atoms with Crippen molar-refractivity contribution in [3.8, 4) is 0 Å². The number of carbonyl (C=O) groups excluding carboxylic acids is 1. The van der Waals surface area contributed by atoms with E-state index in [1.807, 2.05) is 0 Å². The van der Waals surface area contributed by atoms with Crippen LogP contribution in [-0.4, -0.2) is 23.8 Å². The maximum atomic E-state index is 12.0. The second-order valence-corrected chi connectivity index (χ2v) is 7.04. The van der Waals surface area contributed by atoms with E-state index in [0.29, 0.717) is 12.5 Å². The Hall–Kier alpha value is -0.830. The third-order valence-corrected chi connectivity index (χ3v) is 5.55. The molecule has 0 bridgehead atoms. The number of fused-ring (bicyclic) bond motifs is 2. The summed E-state index contributed by atoms with van der Waals surface area (Å²) in [4.78, 5) is 12.0. The van der Waals surface area contributed by atoms with E-state index >= 15 is 0 Å². The van der Waals surface area contributed by atoms with Crippen molar-refractivity contribution >= 4 is 5.97 Å². The van der Waals surface area contributed by atoms with Gasteiger partial charge in [0.05, 0.1) is 6.10 Å². The molecule has 3 aliphatic rings. The Morgan fingerprint density at radius 2 is 2.00 bits per heavy atom. The van der Waals surface area contributed by atoms with Crippen LogP contribution in [0.3, 0.4) is 0 Å². The molecule has 0 saturated heterocycles. The number of cyclic esters (lactones) is 1. The van der Waals surface area contributed by atoms with Crippen LogP contribution >= 0.6 is 0 Å². The molecule has 0 aromatic rings. The van der Waals surface area contributed by atoms with E-state index in [9.17, 15) is 9.90 Å². The van der Waals surface area contributed by atoms with Gasteiger partial charge in [-0.25, -0.2) is 4.79 Å². The normalized spacial score (nSPS) is 42.3. The molecule has 3 heteroatoms. The maximum absolute atomic E-state index is 12.0. The molecule has 1 heterocycles. The first-order valence-corrected chi connectivity index (χ1v) is 6.95. The van der Waals surface area contributed by atoms with E-state index in [0.717, 1.165) is 30.4 Å². The molecule has 2 aliphatic carbocycles. The number of carbonyl (C=O) groups is 1. The van der Waals surface area contributed by atoms with Crippen molar-refractivity contribution in [2.45, 2.75) is 52.6 Å². The summed E-state index contributed by atoms with van der Waals surface area (Å²) in [7, 11) is 0. The van der Waals surface area contributed by atoms with Crippen LogP contribution in [0.2, 0.25) is 0 Å². The average Bonchev–Trinajstić information content (AvgIpc) is 2.66. The fourth-order valence-electron chi connectivity index (χ4n) is 4.65. The molecule has 18 heavy (non-hydrogen) atoms. The van der Waals surface area contributed by atoms with Crippen LogP contribution in [0.15, 0.2) is 11.1 Å². The molecule has 0 radical (unpaired) electrons. The number of aliphatic hydroxyl groups excluding tert-OH is 1. The highest BCUT2D eigenvalue weighted by Crippen LogP contribution is 2.60. The predicted molar refractivity (Wildman–Crippen MR) is 67.8 cm³/mol. The lowest BCUT2D eigenvalue weighted by molar-refractivity contribution is -0.138. The van der Waals surface area contributed by atoms with E-state index in [1.54, 1.807) is 0 Å². The van der Waals surface area contributed by atoms with Crippen LogP contribution < -0.4 is 0 Å². The zero-order valence-electron chi connectivity index (χ0n) is 11.5. The number of rotatable bonds is 0. The van der Waals surface area contributed by atoms with Gasteiger partial charge in [-0.2, -0.15) is 0 Å². The van der Waals surface area contributed by atoms with Crippen LogP contribution in [0.5, 0.6) is 0 Å². The smallest absolute Gasteiger partial charge is 0.335 e. The zero-order chi connectivity index (χ0) is 13.1. The van der Waals surface area contributed by atoms with Gasteiger partial charge in [-0.15, -0.1) is 0 Å². The van der Waals surface area contributed by atoms with Gasteiger partial charge in [-0.3, -0.25) is 0 Å². The van der Waals surface area contributed by atoms with Gasteiger partial charge < -0.3 is 9.84 Å². The van der Waals surface area contributed by atoms with E-state index in [4.69, 9.17) is 4.74 Å². The highest BCUT2D eigenvalue weighted by atomic mass is 16.5. The molecule has 0 spiro atoms. The topological polar surface area (TPSA) is 46.5 Å². The summed E-state index contributed by atoms with van der Waals surface area (Å²) in [6, 6.07) is 0. The van der Waals surface area contributed by atoms with E-state index in [2.05, 4.69) is 20.8 Å². The highest BCUT2D eigenvalue weighted by Gasteiger charge is 2.56. The van der Waals surface area contributed by atoms with Crippen LogP contribution in [-0.2, 0) is 9.53 Å². The molecule has 0 aromatic carbocycles. The van der Waals surface area contributed by atoms with Crippen LogP contribution in [0.1, 0.15) is 46.5 Å². The Labute approximate surface area is 108 Å². The first-order valence-electron chi connectivity index (χ1n) is 6.95. The molecule has 0 amide bonds. The van der Waals surface area contributed by atoms with Gasteiger partial charge in [0.1, 0.15) is 6.61 Å². The summed E-state index contributed by atoms with van der Waals surface area (Å²) in [5, 5.41) is 10.3. The number of hydrogen-bond acceptors (Lipinski definition) is 3. The van der Waals surface area contributed by atoms with Gasteiger partial charge in [0.25, 0.3) is 0 Å². The van der Waals surface area contributed by atoms with Gasteiger partial charge in [0.2, 0.25) is 0 Å². The molecule has 1 fully saturated rings. The van der Waals surface area contributed by atoms with E-state index < -0.39 is 6.10 Å². The van der Waals surface area contributed by atoms with Crippen molar-refractivity contribution in [1.82, 2.24) is 0 Å². The lowest BCUT2D eigenvalue weighted by Gasteiger charge is -2.54. The fraction of sp³-hybridized carbons (Fsp3) is 0.800. The minimum absolute atomic E-state index is 0.0934. The molecule has 3 nitrogen and oxygen atoms in total. The van der Waals surface area contributed by atoms with Gasteiger partial charge >= 0.3 is 5.97 Å². The van der Waals surface area contributed by atoms with Gasteiger partial charge in [-0.05, 0) is 30.6 Å². The zero-order valence-corrected chi connectivity index (χ0v) is 11.5. The van der Waals surface area contributed by atoms with Crippen LogP contribution in [0.25, 0.3) is 0 Å². The predicted octanol–water partition coefficient (Wildman–Crippen LogP) is 2.44. The molecule has 100 valence electrons. The summed E-state index contributed by atoms with van der Waals surface area (Å²) in [6.45, 7) is 7.05. The third kappa shape index (κ3) is 1.43. The number of hydrogen-bond donors (Lipinski definition) is 1. The monoisotopic (exact) mass is 250 g/mol. The maximum Gasteiger partial charge on any atom is 0.335 e. The fourth-order valence-corrected chi connectivity index (χ4v) is 4.65. The van der Waals surface area contributed by atoms with Crippen molar-refractivity contribution in [3.63, 3.8) is 0 Å². The summed E-state index contributed by atoms with van der Waals surface area (Å²) in [5.41, 5.74) is 1.76. The largest absolute Gasteiger partial charge is 0.458 e. The number of aliphatic hydroxyl groups is 1. The van der Waals surface area contributed by atoms with Crippen molar-refractivity contribution in [3.05, 3.63) is 11.1 Å². The molecule has 1 aliphatic heterocycles. The number of ether oxygens (including phenoxy) is 1. The van der Waals surface area contributed by atoms with Gasteiger partial charge in [0, 0.05) is 16.6 Å². The molecule has 1 N–H and O–H groups in total. The first-order chi connectivity index (χ1) is 8.36. The van der Waals surface area contributed by atoms with Crippen LogP contribution in [0, 0.1) is 16.7 Å². The molecule has 0 unspecified atom stereocenters. The third-order valence-electron chi connectivity index (χ3n) is 5.55. The summed E-state index contributed by atoms with van der Waals surface area (Å²) in [5.74, 6) is 0.187. The van der Waals surface area contributed by atoms with Crippen molar-refractivity contribution in [2.75, 3.05) is 6.61 Å². The molecule has 3 rings (SSSR count). The SMILES string of the molecule is CC1(C)CCC[C@@]2(C)C3=C(COC3=O)[C@@H](O)C[C@H]12. The summed E-state index contributed by atoms with van der Waals surface area (Å²) in [6.07, 6.45) is 3.67. The average molecular weight is 250 g/mol. The minimum Gasteiger partial charge on any atom is -0.458 e. The Bertz CT molecular complexity index is 435. The summed E-state index contributed by atoms with van der Waals surface area (Å²) < 4.78 is 5.18. The Kier molecular flexibility index (Phi) is 2.44. The minimum atomic E-state index is -0.484. The lowest BCUT2D eigenvalue weighted by atomic mass is 9.50. The molecule has 0 aromatic heterocycles. The number of esters is 1. The standard InChI is InChI=1S/C15H22O3/c1-14(2)5-4-6-15(3)11(14)7-10(16)9-8-18-13(17)12(9)15/h10-11,16H,4-8H2,1-3H3/t10-,11+,15+/m0/s1. The Morgan fingerprint density at radius 3 is 2.72 bits per heavy atom. The van der Waals surface area contributed by atoms with Crippen molar-refractivity contribution < 1.29 is 14.6 Å². The second-order valence-electron chi connectivity index (χ2n) is 7.04. The van der Waals surface area contributed by atoms with Crippen molar-refractivity contribution in [2.24, 2.45) is 16.7 Å². The second kappa shape index (κ2) is 3.60. The molecule has 1 saturated carbocycles. The molecular weight excluding hydrogens is 228 g/mol. The lowest BCUT2D eigenvalue weighted by Crippen LogP contribution is -2.49. The molecular formula is C15H22O3. The Morgan fingerprint density at radius 1 is 1.28 bits per heavy atom. The first kappa shape index (κ1) is 12.2. The van der Waals surface area contributed by atoms with Crippen LogP contribution in [0.4, 0.5) is 0 Å². The summed E-state index contributed by atoms with van der Waals surface area (Å²) >= 11 is 0. The molecule has 3 atom stereocenters. The highest BCUT2D eigenvalue weighted by molar-refractivity contribution is 5.94. The van der Waals surface area contributed by atoms with Gasteiger partial charge in [-0.1, -0.05) is 27.2 Å². The Balaban J connectivity index is 2.12. The van der Waals surface area contributed by atoms with Crippen molar-refractivity contribution in [1.29, 1.82) is 0 Å². The van der Waals surface area contributed by atoms with Gasteiger partial charge in [0.15, 0.2) is 0 Å².